The maximum Gasteiger partial charge on any atom is 0.196 e. The molecule has 1 heterocycles. The van der Waals surface area contributed by atoms with Gasteiger partial charge in [-0.3, -0.25) is 0 Å². The van der Waals surface area contributed by atoms with Gasteiger partial charge in [0.05, 0.1) is 13.2 Å². The molecule has 0 saturated heterocycles. The first kappa shape index (κ1) is 22.7. The number of hydrogen-bond donors (Lipinski definition) is 2. The zero-order chi connectivity index (χ0) is 17.9. The topological polar surface area (TPSA) is 54.9 Å². The summed E-state index contributed by atoms with van der Waals surface area (Å²) in [5, 5.41) is 8.72. The molecule has 0 aliphatic heterocycles. The van der Waals surface area contributed by atoms with Crippen molar-refractivity contribution in [3.63, 3.8) is 0 Å². The molecule has 0 spiro atoms. The molecule has 0 radical (unpaired) electrons. The van der Waals surface area contributed by atoms with Crippen LogP contribution in [0.1, 0.15) is 23.8 Å². The summed E-state index contributed by atoms with van der Waals surface area (Å²) in [7, 11) is 1.70. The van der Waals surface area contributed by atoms with Crippen molar-refractivity contribution in [1.82, 2.24) is 5.32 Å². The fraction of sp³-hybridized carbons (Fsp3) is 0.421. The molecule has 1 aromatic carbocycles. The SMILES string of the molecule is CCNC(=NCc1sccc1C)Nc1cccc(OCCCOC)c1.I. The second kappa shape index (κ2) is 12.9. The van der Waals surface area contributed by atoms with E-state index in [-0.39, 0.29) is 24.0 Å². The van der Waals surface area contributed by atoms with E-state index in [1.807, 2.05) is 24.3 Å². The molecular weight excluding hydrogens is 461 g/mol. The van der Waals surface area contributed by atoms with Gasteiger partial charge in [0.15, 0.2) is 5.96 Å². The number of thiophene rings is 1. The van der Waals surface area contributed by atoms with E-state index in [9.17, 15) is 0 Å². The summed E-state index contributed by atoms with van der Waals surface area (Å²) >= 11 is 1.74. The smallest absolute Gasteiger partial charge is 0.196 e. The third kappa shape index (κ3) is 7.92. The fourth-order valence-corrected chi connectivity index (χ4v) is 3.05. The number of benzene rings is 1. The van der Waals surface area contributed by atoms with Crippen LogP contribution in [0.2, 0.25) is 0 Å². The Kier molecular flexibility index (Phi) is 11.3. The third-order valence-corrected chi connectivity index (χ3v) is 4.56. The molecule has 0 atom stereocenters. The van der Waals surface area contributed by atoms with E-state index in [1.165, 1.54) is 10.4 Å². The molecular formula is C19H28IN3O2S. The van der Waals surface area contributed by atoms with Gasteiger partial charge >= 0.3 is 0 Å². The quantitative estimate of drug-likeness (QED) is 0.233. The number of ether oxygens (including phenoxy) is 2. The minimum atomic E-state index is 0. The van der Waals surface area contributed by atoms with E-state index < -0.39 is 0 Å². The van der Waals surface area contributed by atoms with Crippen LogP contribution in [0.25, 0.3) is 0 Å². The maximum atomic E-state index is 5.75. The normalized spacial score (nSPS) is 11.0. The van der Waals surface area contributed by atoms with Gasteiger partial charge in [-0.1, -0.05) is 6.07 Å². The first-order valence-electron chi connectivity index (χ1n) is 8.53. The third-order valence-electron chi connectivity index (χ3n) is 3.55. The summed E-state index contributed by atoms with van der Waals surface area (Å²) in [6.45, 7) is 7.00. The van der Waals surface area contributed by atoms with Gasteiger partial charge in [-0.15, -0.1) is 35.3 Å². The van der Waals surface area contributed by atoms with E-state index in [0.717, 1.165) is 30.4 Å². The van der Waals surface area contributed by atoms with E-state index in [2.05, 4.69) is 40.9 Å². The molecule has 0 bridgehead atoms. The van der Waals surface area contributed by atoms with Crippen LogP contribution in [0.4, 0.5) is 5.69 Å². The molecule has 26 heavy (non-hydrogen) atoms. The van der Waals surface area contributed by atoms with Crippen molar-refractivity contribution in [1.29, 1.82) is 0 Å². The maximum absolute atomic E-state index is 5.75. The number of methoxy groups -OCH3 is 1. The minimum absolute atomic E-state index is 0. The first-order valence-corrected chi connectivity index (χ1v) is 9.41. The highest BCUT2D eigenvalue weighted by Crippen LogP contribution is 2.19. The summed E-state index contributed by atoms with van der Waals surface area (Å²) in [4.78, 5) is 5.96. The lowest BCUT2D eigenvalue weighted by atomic mass is 10.3. The van der Waals surface area contributed by atoms with Crippen LogP contribution in [0.3, 0.4) is 0 Å². The molecule has 0 aliphatic rings. The number of anilines is 1. The number of aryl methyl sites for hydroxylation is 1. The molecule has 0 unspecified atom stereocenters. The zero-order valence-corrected chi connectivity index (χ0v) is 18.7. The Balaban J connectivity index is 0.00000338. The van der Waals surface area contributed by atoms with Crippen LogP contribution in [-0.4, -0.2) is 32.8 Å². The largest absolute Gasteiger partial charge is 0.493 e. The summed E-state index contributed by atoms with van der Waals surface area (Å²) in [5.74, 6) is 1.61. The van der Waals surface area contributed by atoms with Crippen molar-refractivity contribution < 1.29 is 9.47 Å². The van der Waals surface area contributed by atoms with Gasteiger partial charge in [-0.05, 0) is 43.0 Å². The molecule has 0 amide bonds. The molecule has 0 fully saturated rings. The van der Waals surface area contributed by atoms with Gasteiger partial charge in [-0.2, -0.15) is 0 Å². The lowest BCUT2D eigenvalue weighted by molar-refractivity contribution is 0.172. The first-order chi connectivity index (χ1) is 12.2. The Labute approximate surface area is 177 Å². The number of aliphatic imine (C=N–C) groups is 1. The number of rotatable bonds is 9. The molecule has 1 aromatic heterocycles. The van der Waals surface area contributed by atoms with Crippen LogP contribution in [0.15, 0.2) is 40.7 Å². The monoisotopic (exact) mass is 489 g/mol. The second-order valence-corrected chi connectivity index (χ2v) is 6.57. The van der Waals surface area contributed by atoms with Crippen molar-refractivity contribution in [2.75, 3.05) is 32.2 Å². The standard InChI is InChI=1S/C19H27N3O2S.HI/c1-4-20-19(21-14-18-15(2)9-12-25-18)22-16-7-5-8-17(13-16)24-11-6-10-23-3;/h5,7-9,12-13H,4,6,10-11,14H2,1-3H3,(H2,20,21,22);1H. The van der Waals surface area contributed by atoms with Crippen LogP contribution in [0.5, 0.6) is 5.75 Å². The molecule has 144 valence electrons. The van der Waals surface area contributed by atoms with Gasteiger partial charge in [0.2, 0.25) is 0 Å². The zero-order valence-electron chi connectivity index (χ0n) is 15.6. The number of nitrogens with zero attached hydrogens (tertiary/aromatic N) is 1. The van der Waals surface area contributed by atoms with E-state index in [0.29, 0.717) is 19.8 Å². The number of hydrogen-bond acceptors (Lipinski definition) is 4. The lowest BCUT2D eigenvalue weighted by Crippen LogP contribution is -2.30. The van der Waals surface area contributed by atoms with Crippen molar-refractivity contribution in [2.45, 2.75) is 26.8 Å². The number of nitrogens with one attached hydrogen (secondary N) is 2. The van der Waals surface area contributed by atoms with Gasteiger partial charge < -0.3 is 20.1 Å². The second-order valence-electron chi connectivity index (χ2n) is 5.57. The van der Waals surface area contributed by atoms with Gasteiger partial charge in [0.25, 0.3) is 0 Å². The van der Waals surface area contributed by atoms with Crippen molar-refractivity contribution in [3.05, 3.63) is 46.2 Å². The predicted octanol–water partition coefficient (Wildman–Crippen LogP) is 4.67. The molecule has 0 saturated carbocycles. The summed E-state index contributed by atoms with van der Waals surface area (Å²) < 4.78 is 10.8. The van der Waals surface area contributed by atoms with Crippen LogP contribution < -0.4 is 15.4 Å². The average molecular weight is 489 g/mol. The minimum Gasteiger partial charge on any atom is -0.493 e. The molecule has 5 nitrogen and oxygen atoms in total. The molecule has 2 aromatic rings. The Morgan fingerprint density at radius 1 is 1.23 bits per heavy atom. The van der Waals surface area contributed by atoms with Crippen molar-refractivity contribution in [2.24, 2.45) is 4.99 Å². The van der Waals surface area contributed by atoms with E-state index in [4.69, 9.17) is 9.47 Å². The Morgan fingerprint density at radius 3 is 2.77 bits per heavy atom. The Bertz CT molecular complexity index is 676. The van der Waals surface area contributed by atoms with Crippen LogP contribution in [0, 0.1) is 6.92 Å². The van der Waals surface area contributed by atoms with Crippen LogP contribution in [-0.2, 0) is 11.3 Å². The van der Waals surface area contributed by atoms with Crippen molar-refractivity contribution in [3.8, 4) is 5.75 Å². The number of guanidine groups is 1. The lowest BCUT2D eigenvalue weighted by Gasteiger charge is -2.13. The Hall–Kier alpha value is -1.32. The Morgan fingerprint density at radius 2 is 2.08 bits per heavy atom. The van der Waals surface area contributed by atoms with E-state index >= 15 is 0 Å². The predicted molar refractivity (Wildman–Crippen MR) is 121 cm³/mol. The van der Waals surface area contributed by atoms with Gasteiger partial charge in [0.1, 0.15) is 5.75 Å². The highest BCUT2D eigenvalue weighted by molar-refractivity contribution is 14.0. The molecule has 2 N–H and O–H groups in total. The van der Waals surface area contributed by atoms with Gasteiger partial charge in [0, 0.05) is 43.3 Å². The summed E-state index contributed by atoms with van der Waals surface area (Å²) in [6, 6.07) is 10.0. The fourth-order valence-electron chi connectivity index (χ4n) is 2.22. The van der Waals surface area contributed by atoms with Crippen LogP contribution >= 0.6 is 35.3 Å². The highest BCUT2D eigenvalue weighted by Gasteiger charge is 2.03. The highest BCUT2D eigenvalue weighted by atomic mass is 127. The summed E-state index contributed by atoms with van der Waals surface area (Å²) in [6.07, 6.45) is 0.873. The van der Waals surface area contributed by atoms with E-state index in [1.54, 1.807) is 18.4 Å². The molecule has 0 aliphatic carbocycles. The summed E-state index contributed by atoms with van der Waals surface area (Å²) in [5.41, 5.74) is 2.24. The van der Waals surface area contributed by atoms with Crippen molar-refractivity contribution >= 4 is 47.0 Å². The number of halogens is 1. The molecule has 7 heteroatoms. The molecule has 2 rings (SSSR count). The van der Waals surface area contributed by atoms with Gasteiger partial charge in [-0.25, -0.2) is 4.99 Å². The average Bonchev–Trinajstić information content (AvgIpc) is 3.02.